The molecule has 0 spiro atoms. The summed E-state index contributed by atoms with van der Waals surface area (Å²) in [5.74, 6) is 0.326. The van der Waals surface area contributed by atoms with Crippen molar-refractivity contribution in [1.29, 1.82) is 0 Å². The smallest absolute Gasteiger partial charge is 0.133 e. The predicted octanol–water partition coefficient (Wildman–Crippen LogP) is 3.01. The van der Waals surface area contributed by atoms with Crippen LogP contribution in [-0.4, -0.2) is 16.1 Å². The molecule has 17 heavy (non-hydrogen) atoms. The van der Waals surface area contributed by atoms with Crippen molar-refractivity contribution >= 4 is 16.5 Å². The molecule has 2 unspecified atom stereocenters. The molecule has 0 aliphatic heterocycles. The second-order valence-corrected chi connectivity index (χ2v) is 5.58. The molecule has 2 atom stereocenters. The average Bonchev–Trinajstić information content (AvgIpc) is 2.44. The third-order valence-corrected chi connectivity index (χ3v) is 3.75. The Morgan fingerprint density at radius 1 is 1.00 bits per heavy atom. The minimum Gasteiger partial charge on any atom is -0.133 e. The highest BCUT2D eigenvalue weighted by Crippen LogP contribution is 2.33. The van der Waals surface area contributed by atoms with Gasteiger partial charge in [0.25, 0.3) is 6.29 Å². The molecule has 0 bridgehead atoms. The summed E-state index contributed by atoms with van der Waals surface area (Å²) < 4.78 is 30.3. The SMILES string of the molecule is O=[P+](O)OC(CC1CCCCCC1)O[P+](=O)O. The molecule has 1 aliphatic carbocycles. The molecule has 0 aromatic heterocycles. The zero-order valence-electron chi connectivity index (χ0n) is 9.53. The van der Waals surface area contributed by atoms with Crippen molar-refractivity contribution in [3.63, 3.8) is 0 Å². The van der Waals surface area contributed by atoms with E-state index in [4.69, 9.17) is 9.79 Å². The van der Waals surface area contributed by atoms with Crippen LogP contribution in [0.4, 0.5) is 0 Å². The zero-order valence-corrected chi connectivity index (χ0v) is 11.3. The lowest BCUT2D eigenvalue weighted by molar-refractivity contribution is -0.0168. The largest absolute Gasteiger partial charge is 0.697 e. The Balaban J connectivity index is 2.44. The van der Waals surface area contributed by atoms with Gasteiger partial charge in [-0.1, -0.05) is 47.6 Å². The van der Waals surface area contributed by atoms with Crippen molar-refractivity contribution in [1.82, 2.24) is 0 Å². The van der Waals surface area contributed by atoms with Crippen LogP contribution >= 0.6 is 16.5 Å². The monoisotopic (exact) mass is 284 g/mol. The van der Waals surface area contributed by atoms with Crippen LogP contribution < -0.4 is 0 Å². The van der Waals surface area contributed by atoms with Crippen LogP contribution in [0.5, 0.6) is 0 Å². The van der Waals surface area contributed by atoms with Gasteiger partial charge in [-0.25, -0.2) is 0 Å². The number of rotatable bonds is 6. The summed E-state index contributed by atoms with van der Waals surface area (Å²) in [5.41, 5.74) is 0. The predicted molar refractivity (Wildman–Crippen MR) is 61.4 cm³/mol. The third-order valence-electron chi connectivity index (χ3n) is 2.92. The first-order chi connectivity index (χ1) is 8.08. The Hall–Kier alpha value is 0.0400. The normalized spacial score (nSPS) is 21.8. The minimum absolute atomic E-state index is 0.326. The standard InChI is InChI=1S/C9H16O6P2/c10-16(11)14-9(15-17(12)13)7-8-5-3-1-2-4-6-8/h8-9H,1-7H2/p+2. The summed E-state index contributed by atoms with van der Waals surface area (Å²) in [6.45, 7) is 0. The van der Waals surface area contributed by atoms with Gasteiger partial charge in [-0.05, 0) is 5.92 Å². The first-order valence-corrected chi connectivity index (χ1v) is 8.00. The van der Waals surface area contributed by atoms with Gasteiger partial charge in [-0.15, -0.1) is 9.79 Å². The summed E-state index contributed by atoms with van der Waals surface area (Å²) in [6.07, 6.45) is 5.98. The molecule has 8 heteroatoms. The van der Waals surface area contributed by atoms with Gasteiger partial charge in [-0.3, -0.25) is 0 Å². The van der Waals surface area contributed by atoms with Gasteiger partial charge in [0.05, 0.1) is 0 Å². The molecule has 2 N–H and O–H groups in total. The van der Waals surface area contributed by atoms with Gasteiger partial charge < -0.3 is 0 Å². The maximum Gasteiger partial charge on any atom is 0.697 e. The highest BCUT2D eigenvalue weighted by Gasteiger charge is 2.34. The Labute approximate surface area is 102 Å². The van der Waals surface area contributed by atoms with Crippen LogP contribution in [0.1, 0.15) is 44.9 Å². The summed E-state index contributed by atoms with van der Waals surface area (Å²) >= 11 is 0. The van der Waals surface area contributed by atoms with Gasteiger partial charge in [0, 0.05) is 15.6 Å². The van der Waals surface area contributed by atoms with E-state index in [9.17, 15) is 9.13 Å². The summed E-state index contributed by atoms with van der Waals surface area (Å²) in [4.78, 5) is 17.3. The molecule has 0 saturated heterocycles. The van der Waals surface area contributed by atoms with Crippen LogP contribution in [0, 0.1) is 5.92 Å². The van der Waals surface area contributed by atoms with Gasteiger partial charge in [-0.2, -0.15) is 0 Å². The molecule has 0 aromatic rings. The van der Waals surface area contributed by atoms with Crippen molar-refractivity contribution < 1.29 is 28.0 Å². The van der Waals surface area contributed by atoms with E-state index in [0.717, 1.165) is 25.7 Å². The van der Waals surface area contributed by atoms with E-state index in [-0.39, 0.29) is 0 Å². The van der Waals surface area contributed by atoms with Gasteiger partial charge >= 0.3 is 16.5 Å². The Morgan fingerprint density at radius 3 is 1.88 bits per heavy atom. The molecule has 1 rings (SSSR count). The van der Waals surface area contributed by atoms with Crippen molar-refractivity contribution in [3.05, 3.63) is 0 Å². The van der Waals surface area contributed by atoms with Crippen LogP contribution in [-0.2, 0) is 18.2 Å². The highest BCUT2D eigenvalue weighted by atomic mass is 31.1. The molecule has 1 saturated carbocycles. The second kappa shape index (κ2) is 8.20. The molecule has 0 radical (unpaired) electrons. The van der Waals surface area contributed by atoms with E-state index in [1.54, 1.807) is 0 Å². The van der Waals surface area contributed by atoms with Gasteiger partial charge in [0.1, 0.15) is 0 Å². The molecule has 1 aliphatic rings. The molecule has 98 valence electrons. The fraction of sp³-hybridized carbons (Fsp3) is 1.00. The molecular weight excluding hydrogens is 266 g/mol. The maximum atomic E-state index is 10.6. The average molecular weight is 284 g/mol. The fourth-order valence-corrected chi connectivity index (χ4v) is 2.91. The highest BCUT2D eigenvalue weighted by molar-refractivity contribution is 7.32. The maximum absolute atomic E-state index is 10.6. The first kappa shape index (κ1) is 15.1. The molecular formula is C9H18O6P2+2. The summed E-state index contributed by atoms with van der Waals surface area (Å²) in [6, 6.07) is 0. The molecule has 0 aromatic carbocycles. The van der Waals surface area contributed by atoms with Crippen LogP contribution in [0.15, 0.2) is 0 Å². The first-order valence-electron chi connectivity index (χ1n) is 5.73. The quantitative estimate of drug-likeness (QED) is 0.442. The van der Waals surface area contributed by atoms with Gasteiger partial charge in [0.2, 0.25) is 0 Å². The molecule has 0 amide bonds. The lowest BCUT2D eigenvalue weighted by Crippen LogP contribution is -2.16. The van der Waals surface area contributed by atoms with Crippen molar-refractivity contribution in [2.45, 2.75) is 51.2 Å². The molecule has 0 heterocycles. The van der Waals surface area contributed by atoms with Gasteiger partial charge in [0.15, 0.2) is 0 Å². The molecule has 1 fully saturated rings. The molecule has 6 nitrogen and oxygen atoms in total. The summed E-state index contributed by atoms with van der Waals surface area (Å²) in [7, 11) is -5.64. The lowest BCUT2D eigenvalue weighted by Gasteiger charge is -2.14. The van der Waals surface area contributed by atoms with Crippen molar-refractivity contribution in [2.75, 3.05) is 0 Å². The third kappa shape index (κ3) is 7.14. The summed E-state index contributed by atoms with van der Waals surface area (Å²) in [5, 5.41) is 0. The van der Waals surface area contributed by atoms with E-state index in [2.05, 4.69) is 9.05 Å². The fourth-order valence-electron chi connectivity index (χ4n) is 2.18. The zero-order chi connectivity index (χ0) is 12.7. The Kier molecular flexibility index (Phi) is 7.28. The minimum atomic E-state index is -2.82. The van der Waals surface area contributed by atoms with Crippen LogP contribution in [0.3, 0.4) is 0 Å². The van der Waals surface area contributed by atoms with Crippen molar-refractivity contribution in [2.24, 2.45) is 5.92 Å². The number of hydrogen-bond donors (Lipinski definition) is 2. The number of hydrogen-bond acceptors (Lipinski definition) is 4. The topological polar surface area (TPSA) is 93.1 Å². The second-order valence-electron chi connectivity index (χ2n) is 4.21. The van der Waals surface area contributed by atoms with E-state index in [1.165, 1.54) is 12.8 Å². The van der Waals surface area contributed by atoms with Crippen LogP contribution in [0.25, 0.3) is 0 Å². The van der Waals surface area contributed by atoms with Crippen molar-refractivity contribution in [3.8, 4) is 0 Å². The van der Waals surface area contributed by atoms with E-state index in [1.807, 2.05) is 0 Å². The van der Waals surface area contributed by atoms with E-state index in [0.29, 0.717) is 12.3 Å². The van der Waals surface area contributed by atoms with Crippen LogP contribution in [0.2, 0.25) is 0 Å². The Morgan fingerprint density at radius 2 is 1.47 bits per heavy atom. The van der Waals surface area contributed by atoms with E-state index >= 15 is 0 Å². The lowest BCUT2D eigenvalue weighted by atomic mass is 9.96. The Bertz CT molecular complexity index is 248. The van der Waals surface area contributed by atoms with E-state index < -0.39 is 22.8 Å².